The van der Waals surface area contributed by atoms with E-state index in [2.05, 4.69) is 10.5 Å². The summed E-state index contributed by atoms with van der Waals surface area (Å²) in [6, 6.07) is 17.5. The fraction of sp³-hybridized carbons (Fsp3) is 0.200. The molecule has 2 aromatic carbocycles. The van der Waals surface area contributed by atoms with Crippen LogP contribution in [0.5, 0.6) is 0 Å². The summed E-state index contributed by atoms with van der Waals surface area (Å²) in [6.45, 7) is 1.88. The van der Waals surface area contributed by atoms with Gasteiger partial charge in [0.05, 0.1) is 5.56 Å². The van der Waals surface area contributed by atoms with Gasteiger partial charge in [0.1, 0.15) is 11.3 Å². The van der Waals surface area contributed by atoms with Crippen molar-refractivity contribution in [3.63, 3.8) is 0 Å². The second kappa shape index (κ2) is 9.46. The standard InChI is InChI=1S/C25H22F3N3O3/c1-15(10-11-16-6-3-2-4-7-16)30-24(32)21-22(31-34-23(21)29)20-13-12-19(33-20)17-8-5-9-18(14-17)25(26,27)28/h2-9,12-15H,10-11,29H2,1H3,(H,30,32). The predicted molar refractivity (Wildman–Crippen MR) is 121 cm³/mol. The summed E-state index contributed by atoms with van der Waals surface area (Å²) in [5.41, 5.74) is 6.53. The molecule has 0 saturated heterocycles. The summed E-state index contributed by atoms with van der Waals surface area (Å²) in [7, 11) is 0. The number of amides is 1. The van der Waals surface area contributed by atoms with Crippen LogP contribution in [0.4, 0.5) is 19.1 Å². The number of nitrogens with one attached hydrogen (secondary N) is 1. The minimum atomic E-state index is -4.48. The molecule has 176 valence electrons. The van der Waals surface area contributed by atoms with Gasteiger partial charge in [0, 0.05) is 11.6 Å². The van der Waals surface area contributed by atoms with Gasteiger partial charge in [-0.05, 0) is 49.6 Å². The number of hydrogen-bond acceptors (Lipinski definition) is 5. The van der Waals surface area contributed by atoms with E-state index < -0.39 is 17.6 Å². The molecule has 34 heavy (non-hydrogen) atoms. The average molecular weight is 469 g/mol. The molecule has 9 heteroatoms. The number of furan rings is 1. The Bertz CT molecular complexity index is 1280. The molecule has 3 N–H and O–H groups in total. The highest BCUT2D eigenvalue weighted by atomic mass is 19.4. The first-order valence-corrected chi connectivity index (χ1v) is 10.6. The van der Waals surface area contributed by atoms with E-state index in [0.29, 0.717) is 6.42 Å². The maximum Gasteiger partial charge on any atom is 0.416 e. The Morgan fingerprint density at radius 2 is 1.79 bits per heavy atom. The van der Waals surface area contributed by atoms with Gasteiger partial charge in [-0.15, -0.1) is 0 Å². The molecular formula is C25H22F3N3O3. The number of aromatic nitrogens is 1. The van der Waals surface area contributed by atoms with Gasteiger partial charge in [0.15, 0.2) is 11.5 Å². The quantitative estimate of drug-likeness (QED) is 0.349. The van der Waals surface area contributed by atoms with Gasteiger partial charge >= 0.3 is 6.18 Å². The number of carbonyl (C=O) groups excluding carboxylic acids is 1. The largest absolute Gasteiger partial charge is 0.454 e. The van der Waals surface area contributed by atoms with Crippen LogP contribution in [0.1, 0.15) is 34.8 Å². The zero-order valence-corrected chi connectivity index (χ0v) is 18.2. The van der Waals surface area contributed by atoms with Crippen LogP contribution in [0.25, 0.3) is 22.8 Å². The minimum absolute atomic E-state index is 0.0107. The monoisotopic (exact) mass is 469 g/mol. The number of carbonyl (C=O) groups is 1. The third-order valence-corrected chi connectivity index (χ3v) is 5.35. The number of hydrogen-bond donors (Lipinski definition) is 2. The summed E-state index contributed by atoms with van der Waals surface area (Å²) in [5.74, 6) is -0.327. The van der Waals surface area contributed by atoms with Gasteiger partial charge < -0.3 is 20.0 Å². The average Bonchev–Trinajstić information content (AvgIpc) is 3.45. The van der Waals surface area contributed by atoms with Crippen molar-refractivity contribution in [1.29, 1.82) is 0 Å². The van der Waals surface area contributed by atoms with Crippen LogP contribution in [-0.2, 0) is 12.6 Å². The molecule has 4 aromatic rings. The molecule has 2 heterocycles. The van der Waals surface area contributed by atoms with E-state index in [1.165, 1.54) is 24.3 Å². The minimum Gasteiger partial charge on any atom is -0.454 e. The summed E-state index contributed by atoms with van der Waals surface area (Å²) >= 11 is 0. The topological polar surface area (TPSA) is 94.3 Å². The second-order valence-corrected chi connectivity index (χ2v) is 7.91. The van der Waals surface area contributed by atoms with Crippen LogP contribution in [0.15, 0.2) is 75.7 Å². The Morgan fingerprint density at radius 3 is 2.53 bits per heavy atom. The lowest BCUT2D eigenvalue weighted by Crippen LogP contribution is -2.33. The molecule has 0 aliphatic rings. The normalized spacial score (nSPS) is 12.5. The molecule has 0 bridgehead atoms. The number of aryl methyl sites for hydroxylation is 1. The molecule has 4 rings (SSSR count). The molecule has 0 radical (unpaired) electrons. The van der Waals surface area contributed by atoms with E-state index in [1.54, 1.807) is 0 Å². The maximum absolute atomic E-state index is 13.0. The molecule has 1 unspecified atom stereocenters. The molecule has 0 fully saturated rings. The van der Waals surface area contributed by atoms with Gasteiger partial charge in [-0.2, -0.15) is 13.2 Å². The molecule has 2 aromatic heterocycles. The highest BCUT2D eigenvalue weighted by molar-refractivity contribution is 6.03. The van der Waals surface area contributed by atoms with Crippen molar-refractivity contribution in [1.82, 2.24) is 10.5 Å². The first-order chi connectivity index (χ1) is 16.2. The first-order valence-electron chi connectivity index (χ1n) is 10.6. The zero-order chi connectivity index (χ0) is 24.3. The Hall–Kier alpha value is -4.01. The highest BCUT2D eigenvalue weighted by Crippen LogP contribution is 2.35. The van der Waals surface area contributed by atoms with E-state index in [0.717, 1.165) is 24.1 Å². The Labute approximate surface area is 193 Å². The third-order valence-electron chi connectivity index (χ3n) is 5.35. The van der Waals surface area contributed by atoms with Gasteiger partial charge in [-0.1, -0.05) is 47.6 Å². The summed E-state index contributed by atoms with van der Waals surface area (Å²) < 4.78 is 49.9. The van der Waals surface area contributed by atoms with Crippen LogP contribution in [-0.4, -0.2) is 17.1 Å². The molecule has 0 spiro atoms. The number of anilines is 1. The van der Waals surface area contributed by atoms with E-state index in [1.807, 2.05) is 37.3 Å². The molecule has 0 aliphatic carbocycles. The van der Waals surface area contributed by atoms with Crippen LogP contribution in [0.2, 0.25) is 0 Å². The number of alkyl halides is 3. The number of nitrogen functional groups attached to an aromatic ring is 1. The van der Waals surface area contributed by atoms with Crippen molar-refractivity contribution < 1.29 is 26.9 Å². The van der Waals surface area contributed by atoms with Crippen molar-refractivity contribution in [2.24, 2.45) is 0 Å². The van der Waals surface area contributed by atoms with Crippen LogP contribution in [0, 0.1) is 0 Å². The van der Waals surface area contributed by atoms with E-state index in [4.69, 9.17) is 14.7 Å². The highest BCUT2D eigenvalue weighted by Gasteiger charge is 2.31. The molecule has 0 saturated carbocycles. The number of nitrogens with zero attached hydrogens (tertiary/aromatic N) is 1. The van der Waals surface area contributed by atoms with Crippen LogP contribution < -0.4 is 11.1 Å². The van der Waals surface area contributed by atoms with Crippen LogP contribution >= 0.6 is 0 Å². The fourth-order valence-electron chi connectivity index (χ4n) is 3.56. The fourth-order valence-corrected chi connectivity index (χ4v) is 3.56. The summed E-state index contributed by atoms with van der Waals surface area (Å²) in [6.07, 6.45) is -2.99. The first kappa shape index (κ1) is 23.2. The van der Waals surface area contributed by atoms with E-state index in [-0.39, 0.29) is 40.3 Å². The van der Waals surface area contributed by atoms with Crippen molar-refractivity contribution >= 4 is 11.8 Å². The van der Waals surface area contributed by atoms with Gasteiger partial charge in [-0.3, -0.25) is 4.79 Å². The van der Waals surface area contributed by atoms with E-state index >= 15 is 0 Å². The predicted octanol–water partition coefficient (Wildman–Crippen LogP) is 5.95. The Balaban J connectivity index is 1.51. The van der Waals surface area contributed by atoms with Crippen molar-refractivity contribution in [2.45, 2.75) is 32.0 Å². The van der Waals surface area contributed by atoms with Crippen LogP contribution in [0.3, 0.4) is 0 Å². The summed E-state index contributed by atoms with van der Waals surface area (Å²) in [4.78, 5) is 12.9. The van der Waals surface area contributed by atoms with Gasteiger partial charge in [0.25, 0.3) is 5.91 Å². The second-order valence-electron chi connectivity index (χ2n) is 7.91. The Morgan fingerprint density at radius 1 is 1.06 bits per heavy atom. The molecule has 1 atom stereocenters. The summed E-state index contributed by atoms with van der Waals surface area (Å²) in [5, 5.41) is 6.72. The third kappa shape index (κ3) is 5.14. The lowest BCUT2D eigenvalue weighted by Gasteiger charge is -2.13. The number of halogens is 3. The molecule has 1 amide bonds. The maximum atomic E-state index is 13.0. The molecular weight excluding hydrogens is 447 g/mol. The lowest BCUT2D eigenvalue weighted by molar-refractivity contribution is -0.137. The van der Waals surface area contributed by atoms with Gasteiger partial charge in [0.2, 0.25) is 5.88 Å². The number of nitrogens with two attached hydrogens (primary N) is 1. The number of rotatable bonds is 7. The zero-order valence-electron chi connectivity index (χ0n) is 18.2. The molecule has 0 aliphatic heterocycles. The van der Waals surface area contributed by atoms with Crippen molar-refractivity contribution in [2.75, 3.05) is 5.73 Å². The lowest BCUT2D eigenvalue weighted by atomic mass is 10.1. The molecule has 6 nitrogen and oxygen atoms in total. The SMILES string of the molecule is CC(CCc1ccccc1)NC(=O)c1c(-c2ccc(-c3cccc(C(F)(F)F)c3)o2)noc1N. The van der Waals surface area contributed by atoms with Crippen molar-refractivity contribution in [3.8, 4) is 22.8 Å². The van der Waals surface area contributed by atoms with Crippen molar-refractivity contribution in [3.05, 3.63) is 83.4 Å². The van der Waals surface area contributed by atoms with E-state index in [9.17, 15) is 18.0 Å². The smallest absolute Gasteiger partial charge is 0.416 e. The Kier molecular flexibility index (Phi) is 6.45. The number of benzene rings is 2. The van der Waals surface area contributed by atoms with Gasteiger partial charge in [-0.25, -0.2) is 0 Å².